The van der Waals surface area contributed by atoms with E-state index < -0.39 is 11.8 Å². The zero-order valence-corrected chi connectivity index (χ0v) is 8.60. The molecule has 1 aliphatic rings. The molecule has 0 saturated heterocycles. The van der Waals surface area contributed by atoms with E-state index in [1.807, 2.05) is 0 Å². The Bertz CT molecular complexity index is 400. The second-order valence-electron chi connectivity index (χ2n) is 3.78. The zero-order chi connectivity index (χ0) is 11.1. The molecule has 1 saturated carbocycles. The molecule has 2 rings (SSSR count). The molecule has 1 nitrogen and oxygen atoms in total. The molecule has 1 aromatic rings. The van der Waals surface area contributed by atoms with Crippen LogP contribution >= 0.6 is 11.6 Å². The van der Waals surface area contributed by atoms with E-state index in [0.717, 1.165) is 0 Å². The smallest absolute Gasteiger partial charge is 0.248 e. The number of rotatable bonds is 3. The summed E-state index contributed by atoms with van der Waals surface area (Å²) in [5.74, 6) is 0. The summed E-state index contributed by atoms with van der Waals surface area (Å²) in [5.41, 5.74) is -0.529. The molecule has 0 aliphatic heterocycles. The van der Waals surface area contributed by atoms with Crippen molar-refractivity contribution in [3.8, 4) is 0 Å². The van der Waals surface area contributed by atoms with Gasteiger partial charge in [-0.25, -0.2) is 8.78 Å². The summed E-state index contributed by atoms with van der Waals surface area (Å²) in [4.78, 5) is 10.8. The predicted octanol–water partition coefficient (Wildman–Crippen LogP) is 3.45. The Morgan fingerprint density at radius 1 is 1.40 bits per heavy atom. The van der Waals surface area contributed by atoms with Crippen molar-refractivity contribution in [1.82, 2.24) is 0 Å². The molecule has 1 aliphatic carbocycles. The van der Waals surface area contributed by atoms with Crippen LogP contribution in [-0.2, 0) is 5.41 Å². The van der Waals surface area contributed by atoms with Gasteiger partial charge in [-0.05, 0) is 24.5 Å². The van der Waals surface area contributed by atoms with Gasteiger partial charge in [0.2, 0.25) is 6.43 Å². The average Bonchev–Trinajstić information content (AvgIpc) is 2.98. The van der Waals surface area contributed by atoms with Gasteiger partial charge in [0, 0.05) is 5.56 Å². The number of carbonyl (C=O) groups is 1. The molecule has 0 heterocycles. The van der Waals surface area contributed by atoms with Gasteiger partial charge in [-0.3, -0.25) is 4.79 Å². The number of alkyl halides is 2. The van der Waals surface area contributed by atoms with Gasteiger partial charge in [0.05, 0.1) is 10.4 Å². The molecule has 1 fully saturated rings. The van der Waals surface area contributed by atoms with E-state index in [4.69, 9.17) is 11.6 Å². The highest BCUT2D eigenvalue weighted by atomic mass is 35.5. The van der Waals surface area contributed by atoms with Gasteiger partial charge in [0.25, 0.3) is 0 Å². The Labute approximate surface area is 91.0 Å². The molecule has 0 atom stereocenters. The number of aldehydes is 1. The van der Waals surface area contributed by atoms with Crippen LogP contribution in [-0.4, -0.2) is 12.7 Å². The van der Waals surface area contributed by atoms with Gasteiger partial charge in [0.15, 0.2) is 6.29 Å². The molecule has 0 bridgehead atoms. The predicted molar refractivity (Wildman–Crippen MR) is 53.8 cm³/mol. The van der Waals surface area contributed by atoms with E-state index in [9.17, 15) is 13.6 Å². The summed E-state index contributed by atoms with van der Waals surface area (Å²) < 4.78 is 25.7. The van der Waals surface area contributed by atoms with Gasteiger partial charge < -0.3 is 0 Å². The Morgan fingerprint density at radius 2 is 2.07 bits per heavy atom. The quantitative estimate of drug-likeness (QED) is 0.727. The maximum Gasteiger partial charge on any atom is 0.248 e. The fraction of sp³-hybridized carbons (Fsp3) is 0.364. The topological polar surface area (TPSA) is 17.1 Å². The first-order valence-electron chi connectivity index (χ1n) is 4.64. The summed E-state index contributed by atoms with van der Waals surface area (Å²) in [5, 5.41) is 0.245. The molecular weight excluding hydrogens is 222 g/mol. The van der Waals surface area contributed by atoms with E-state index in [0.29, 0.717) is 24.7 Å². The lowest BCUT2D eigenvalue weighted by Gasteiger charge is -2.16. The van der Waals surface area contributed by atoms with Crippen molar-refractivity contribution >= 4 is 17.9 Å². The Kier molecular flexibility index (Phi) is 2.51. The number of carbonyl (C=O) groups excluding carboxylic acids is 1. The normalized spacial score (nSPS) is 17.9. The standard InChI is InChI=1S/C11H9ClF2O/c12-9-3-1-2-8(7(9)6-15)11(4-5-11)10(13)14/h1-3,6,10H,4-5H2. The SMILES string of the molecule is O=Cc1c(Cl)cccc1C1(C(F)F)CC1. The van der Waals surface area contributed by atoms with E-state index in [2.05, 4.69) is 0 Å². The first-order chi connectivity index (χ1) is 7.12. The molecule has 4 heteroatoms. The van der Waals surface area contributed by atoms with E-state index >= 15 is 0 Å². The molecule has 15 heavy (non-hydrogen) atoms. The van der Waals surface area contributed by atoms with Crippen LogP contribution in [0, 0.1) is 0 Å². The van der Waals surface area contributed by atoms with Crippen molar-refractivity contribution < 1.29 is 13.6 Å². The van der Waals surface area contributed by atoms with Crippen LogP contribution in [0.15, 0.2) is 18.2 Å². The van der Waals surface area contributed by atoms with Crippen molar-refractivity contribution in [3.05, 3.63) is 34.3 Å². The van der Waals surface area contributed by atoms with Crippen molar-refractivity contribution in [1.29, 1.82) is 0 Å². The molecule has 0 amide bonds. The molecule has 0 radical (unpaired) electrons. The Hall–Kier alpha value is -0.960. The minimum Gasteiger partial charge on any atom is -0.298 e. The van der Waals surface area contributed by atoms with E-state index in [1.54, 1.807) is 12.1 Å². The molecule has 0 unspecified atom stereocenters. The Balaban J connectivity index is 2.53. The van der Waals surface area contributed by atoms with Gasteiger partial charge in [-0.15, -0.1) is 0 Å². The summed E-state index contributed by atoms with van der Waals surface area (Å²) in [6.45, 7) is 0. The van der Waals surface area contributed by atoms with Crippen molar-refractivity contribution in [2.24, 2.45) is 0 Å². The lowest BCUT2D eigenvalue weighted by atomic mass is 9.92. The third kappa shape index (κ3) is 1.55. The van der Waals surface area contributed by atoms with Crippen LogP contribution in [0.1, 0.15) is 28.8 Å². The van der Waals surface area contributed by atoms with Gasteiger partial charge in [0.1, 0.15) is 0 Å². The Morgan fingerprint density at radius 3 is 2.53 bits per heavy atom. The van der Waals surface area contributed by atoms with Crippen LogP contribution in [0.5, 0.6) is 0 Å². The highest BCUT2D eigenvalue weighted by molar-refractivity contribution is 6.33. The lowest BCUT2D eigenvalue weighted by Crippen LogP contribution is -2.19. The number of benzene rings is 1. The maximum absolute atomic E-state index is 12.8. The monoisotopic (exact) mass is 230 g/mol. The third-order valence-corrected chi connectivity index (χ3v) is 3.24. The number of hydrogen-bond acceptors (Lipinski definition) is 1. The second kappa shape index (κ2) is 3.56. The maximum atomic E-state index is 12.8. The summed E-state index contributed by atoms with van der Waals surface area (Å²) in [6.07, 6.45) is -1.03. The van der Waals surface area contributed by atoms with Crippen molar-refractivity contribution in [3.63, 3.8) is 0 Å². The van der Waals surface area contributed by atoms with Crippen LogP contribution in [0.25, 0.3) is 0 Å². The molecule has 1 aromatic carbocycles. The third-order valence-electron chi connectivity index (χ3n) is 2.91. The molecule has 0 aromatic heterocycles. The fourth-order valence-electron chi connectivity index (χ4n) is 1.83. The second-order valence-corrected chi connectivity index (χ2v) is 4.18. The van der Waals surface area contributed by atoms with Crippen LogP contribution in [0.3, 0.4) is 0 Å². The molecular formula is C11H9ClF2O. The largest absolute Gasteiger partial charge is 0.298 e. The minimum atomic E-state index is -2.44. The minimum absolute atomic E-state index is 0.206. The van der Waals surface area contributed by atoms with E-state index in [1.165, 1.54) is 6.07 Å². The number of halogens is 3. The zero-order valence-electron chi connectivity index (χ0n) is 7.84. The summed E-state index contributed by atoms with van der Waals surface area (Å²) in [7, 11) is 0. The average molecular weight is 231 g/mol. The van der Waals surface area contributed by atoms with Gasteiger partial charge >= 0.3 is 0 Å². The van der Waals surface area contributed by atoms with Gasteiger partial charge in [-0.2, -0.15) is 0 Å². The van der Waals surface area contributed by atoms with E-state index in [-0.39, 0.29) is 10.6 Å². The molecule has 0 spiro atoms. The molecule has 0 N–H and O–H groups in total. The highest BCUT2D eigenvalue weighted by Crippen LogP contribution is 2.54. The van der Waals surface area contributed by atoms with Crippen LogP contribution in [0.2, 0.25) is 5.02 Å². The van der Waals surface area contributed by atoms with Crippen LogP contribution in [0.4, 0.5) is 8.78 Å². The molecule has 80 valence electrons. The summed E-state index contributed by atoms with van der Waals surface area (Å²) >= 11 is 5.79. The number of hydrogen-bond donors (Lipinski definition) is 0. The first kappa shape index (κ1) is 10.6. The first-order valence-corrected chi connectivity index (χ1v) is 5.02. The van der Waals surface area contributed by atoms with Crippen molar-refractivity contribution in [2.75, 3.05) is 0 Å². The van der Waals surface area contributed by atoms with Gasteiger partial charge in [-0.1, -0.05) is 23.7 Å². The van der Waals surface area contributed by atoms with Crippen molar-refractivity contribution in [2.45, 2.75) is 24.7 Å². The fourth-order valence-corrected chi connectivity index (χ4v) is 2.05. The summed E-state index contributed by atoms with van der Waals surface area (Å²) in [6, 6.07) is 4.71. The lowest BCUT2D eigenvalue weighted by molar-refractivity contribution is 0.100. The highest BCUT2D eigenvalue weighted by Gasteiger charge is 2.53. The van der Waals surface area contributed by atoms with Crippen LogP contribution < -0.4 is 0 Å².